The number of aromatic nitrogens is 5. The SMILES string of the molecule is Cn1c(=O)c2c(nnn2C(=O)c2ccccc2)n(C)c1=O. The standard InChI is InChI=1S/C13H11N5O3/c1-16-10-9(12(20)17(2)13(16)21)18(15-14-10)11(19)8-6-4-3-5-7-8/h3-7H,1-2H3. The molecule has 8 nitrogen and oxygen atoms in total. The van der Waals surface area contributed by atoms with Gasteiger partial charge < -0.3 is 0 Å². The Balaban J connectivity index is 2.34. The Labute approximate surface area is 117 Å². The van der Waals surface area contributed by atoms with E-state index in [2.05, 4.69) is 10.3 Å². The van der Waals surface area contributed by atoms with Gasteiger partial charge in [0.25, 0.3) is 11.5 Å². The Morgan fingerprint density at radius 1 is 1.05 bits per heavy atom. The lowest BCUT2D eigenvalue weighted by Crippen LogP contribution is -2.38. The smallest absolute Gasteiger partial charge is 0.278 e. The molecule has 106 valence electrons. The molecule has 0 unspecified atom stereocenters. The molecule has 21 heavy (non-hydrogen) atoms. The second-order valence-corrected chi connectivity index (χ2v) is 4.55. The summed E-state index contributed by atoms with van der Waals surface area (Å²) in [4.78, 5) is 36.4. The van der Waals surface area contributed by atoms with E-state index < -0.39 is 17.2 Å². The molecule has 0 bridgehead atoms. The monoisotopic (exact) mass is 285 g/mol. The van der Waals surface area contributed by atoms with E-state index >= 15 is 0 Å². The average molecular weight is 285 g/mol. The van der Waals surface area contributed by atoms with Gasteiger partial charge in [-0.3, -0.25) is 18.7 Å². The van der Waals surface area contributed by atoms with Gasteiger partial charge in [-0.2, -0.15) is 4.68 Å². The van der Waals surface area contributed by atoms with Crippen LogP contribution >= 0.6 is 0 Å². The normalized spacial score (nSPS) is 11.0. The Hall–Kier alpha value is -3.03. The van der Waals surface area contributed by atoms with Crippen LogP contribution in [0.5, 0.6) is 0 Å². The zero-order valence-corrected chi connectivity index (χ0v) is 11.3. The van der Waals surface area contributed by atoms with Crippen molar-refractivity contribution < 1.29 is 4.79 Å². The molecule has 0 fully saturated rings. The molecule has 2 aromatic heterocycles. The maximum Gasteiger partial charge on any atom is 0.332 e. The van der Waals surface area contributed by atoms with Crippen LogP contribution < -0.4 is 11.2 Å². The number of fused-ring (bicyclic) bond motifs is 1. The zero-order chi connectivity index (χ0) is 15.1. The molecule has 0 atom stereocenters. The molecule has 1 aromatic carbocycles. The summed E-state index contributed by atoms with van der Waals surface area (Å²) in [7, 11) is 2.81. The lowest BCUT2D eigenvalue weighted by Gasteiger charge is -2.04. The summed E-state index contributed by atoms with van der Waals surface area (Å²) in [5.41, 5.74) is -0.699. The van der Waals surface area contributed by atoms with Crippen LogP contribution in [0.2, 0.25) is 0 Å². The largest absolute Gasteiger partial charge is 0.332 e. The van der Waals surface area contributed by atoms with Crippen LogP contribution in [0, 0.1) is 0 Å². The lowest BCUT2D eigenvalue weighted by atomic mass is 10.2. The van der Waals surface area contributed by atoms with Crippen molar-refractivity contribution in [2.45, 2.75) is 0 Å². The Morgan fingerprint density at radius 2 is 1.71 bits per heavy atom. The lowest BCUT2D eigenvalue weighted by molar-refractivity contribution is 0.0948. The predicted molar refractivity (Wildman–Crippen MR) is 74.2 cm³/mol. The molecule has 2 heterocycles. The molecule has 3 aromatic rings. The highest BCUT2D eigenvalue weighted by Gasteiger charge is 2.20. The minimum atomic E-state index is -0.609. The summed E-state index contributed by atoms with van der Waals surface area (Å²) in [5, 5.41) is 7.49. The Bertz CT molecular complexity index is 965. The number of rotatable bonds is 1. The molecule has 0 saturated heterocycles. The van der Waals surface area contributed by atoms with Gasteiger partial charge in [-0.05, 0) is 12.1 Å². The molecule has 0 aliphatic heterocycles. The van der Waals surface area contributed by atoms with E-state index in [0.717, 1.165) is 9.25 Å². The highest BCUT2D eigenvalue weighted by atomic mass is 16.2. The summed E-state index contributed by atoms with van der Waals surface area (Å²) in [6.45, 7) is 0. The van der Waals surface area contributed by atoms with Crippen molar-refractivity contribution in [2.75, 3.05) is 0 Å². The van der Waals surface area contributed by atoms with Crippen LogP contribution in [0.1, 0.15) is 10.4 Å². The molecule has 0 aliphatic rings. The van der Waals surface area contributed by atoms with E-state index in [9.17, 15) is 14.4 Å². The molecule has 0 amide bonds. The van der Waals surface area contributed by atoms with Gasteiger partial charge in [-0.25, -0.2) is 4.79 Å². The minimum absolute atomic E-state index is 0.0200. The summed E-state index contributed by atoms with van der Waals surface area (Å²) >= 11 is 0. The third-order valence-electron chi connectivity index (χ3n) is 3.26. The summed E-state index contributed by atoms with van der Waals surface area (Å²) in [5.74, 6) is -0.478. The topological polar surface area (TPSA) is 91.8 Å². The van der Waals surface area contributed by atoms with Crippen LogP contribution in [0.3, 0.4) is 0 Å². The maximum absolute atomic E-state index is 12.4. The van der Waals surface area contributed by atoms with E-state index in [1.54, 1.807) is 30.3 Å². The van der Waals surface area contributed by atoms with Crippen molar-refractivity contribution in [3.8, 4) is 0 Å². The van der Waals surface area contributed by atoms with Crippen LogP contribution in [0.25, 0.3) is 11.2 Å². The number of hydrogen-bond donors (Lipinski definition) is 0. The van der Waals surface area contributed by atoms with E-state index in [-0.39, 0.29) is 11.2 Å². The zero-order valence-electron chi connectivity index (χ0n) is 11.3. The van der Waals surface area contributed by atoms with Gasteiger partial charge in [0.05, 0.1) is 0 Å². The number of carbonyl (C=O) groups excluding carboxylic acids is 1. The average Bonchev–Trinajstić information content (AvgIpc) is 2.96. The number of benzene rings is 1. The van der Waals surface area contributed by atoms with Gasteiger partial charge in [0.15, 0.2) is 11.2 Å². The molecular formula is C13H11N5O3. The molecule has 3 rings (SSSR count). The van der Waals surface area contributed by atoms with Crippen LogP contribution in [-0.2, 0) is 14.1 Å². The van der Waals surface area contributed by atoms with Crippen molar-refractivity contribution in [3.63, 3.8) is 0 Å². The summed E-state index contributed by atoms with van der Waals surface area (Å²) < 4.78 is 3.02. The number of hydrogen-bond acceptors (Lipinski definition) is 5. The highest BCUT2D eigenvalue weighted by molar-refractivity contribution is 5.99. The third kappa shape index (κ3) is 1.80. The maximum atomic E-state index is 12.4. The summed E-state index contributed by atoms with van der Waals surface area (Å²) in [6.07, 6.45) is 0. The molecule has 0 spiro atoms. The fraction of sp³-hybridized carbons (Fsp3) is 0.154. The number of aryl methyl sites for hydroxylation is 1. The van der Waals surface area contributed by atoms with Gasteiger partial charge in [-0.1, -0.05) is 23.4 Å². The molecule has 0 aliphatic carbocycles. The third-order valence-corrected chi connectivity index (χ3v) is 3.26. The van der Waals surface area contributed by atoms with E-state index in [1.165, 1.54) is 18.7 Å². The van der Waals surface area contributed by atoms with Gasteiger partial charge in [0.1, 0.15) is 0 Å². The van der Waals surface area contributed by atoms with Gasteiger partial charge >= 0.3 is 5.69 Å². The first-order chi connectivity index (χ1) is 10.0. The predicted octanol–water partition coefficient (Wildman–Crippen LogP) is -0.483. The summed E-state index contributed by atoms with van der Waals surface area (Å²) in [6, 6.07) is 8.42. The molecule has 0 saturated carbocycles. The Kier molecular flexibility index (Phi) is 2.79. The first-order valence-corrected chi connectivity index (χ1v) is 6.13. The Morgan fingerprint density at radius 3 is 2.38 bits per heavy atom. The second-order valence-electron chi connectivity index (χ2n) is 4.55. The van der Waals surface area contributed by atoms with Crippen molar-refractivity contribution in [1.29, 1.82) is 0 Å². The van der Waals surface area contributed by atoms with Gasteiger partial charge in [-0.15, -0.1) is 5.10 Å². The van der Waals surface area contributed by atoms with Crippen LogP contribution in [-0.4, -0.2) is 30.0 Å². The minimum Gasteiger partial charge on any atom is -0.278 e. The fourth-order valence-electron chi connectivity index (χ4n) is 2.09. The highest BCUT2D eigenvalue weighted by Crippen LogP contribution is 2.07. The molecule has 0 radical (unpaired) electrons. The van der Waals surface area contributed by atoms with Crippen molar-refractivity contribution >= 4 is 17.1 Å². The molecule has 0 N–H and O–H groups in total. The van der Waals surface area contributed by atoms with Crippen molar-refractivity contribution in [3.05, 3.63) is 56.7 Å². The van der Waals surface area contributed by atoms with E-state index in [4.69, 9.17) is 0 Å². The molecular weight excluding hydrogens is 274 g/mol. The van der Waals surface area contributed by atoms with Crippen LogP contribution in [0.4, 0.5) is 0 Å². The number of nitrogens with zero attached hydrogens (tertiary/aromatic N) is 5. The van der Waals surface area contributed by atoms with Crippen molar-refractivity contribution in [2.24, 2.45) is 14.1 Å². The quantitative estimate of drug-likeness (QED) is 0.602. The van der Waals surface area contributed by atoms with Crippen LogP contribution in [0.15, 0.2) is 39.9 Å². The molecule has 8 heteroatoms. The second kappa shape index (κ2) is 4.51. The fourth-order valence-corrected chi connectivity index (χ4v) is 2.09. The number of carbonyl (C=O) groups is 1. The van der Waals surface area contributed by atoms with E-state index in [0.29, 0.717) is 5.56 Å². The first kappa shape index (κ1) is 13.0. The first-order valence-electron chi connectivity index (χ1n) is 6.13. The van der Waals surface area contributed by atoms with E-state index in [1.807, 2.05) is 0 Å². The van der Waals surface area contributed by atoms with Gasteiger partial charge in [0, 0.05) is 19.7 Å². The van der Waals surface area contributed by atoms with Crippen molar-refractivity contribution in [1.82, 2.24) is 24.1 Å². The van der Waals surface area contributed by atoms with Gasteiger partial charge in [0.2, 0.25) is 0 Å².